The van der Waals surface area contributed by atoms with Gasteiger partial charge in [-0.1, -0.05) is 18.2 Å². The number of nitrogens with one attached hydrogen (secondary N) is 2. The zero-order valence-electron chi connectivity index (χ0n) is 7.82. The lowest BCUT2D eigenvalue weighted by Crippen LogP contribution is -2.33. The normalized spacial score (nSPS) is 12.1. The van der Waals surface area contributed by atoms with Crippen LogP contribution in [0.5, 0.6) is 0 Å². The quantitative estimate of drug-likeness (QED) is 0.741. The van der Waals surface area contributed by atoms with Crippen LogP contribution in [0.4, 0.5) is 0 Å². The fourth-order valence-corrected chi connectivity index (χ4v) is 1.70. The predicted octanol–water partition coefficient (Wildman–Crippen LogP) is 0.0448. The molecule has 14 heavy (non-hydrogen) atoms. The molecule has 1 amide bonds. The Balaban J connectivity index is 2.55. The van der Waals surface area contributed by atoms with Crippen LogP contribution in [0.15, 0.2) is 35.2 Å². The highest BCUT2D eigenvalue weighted by molar-refractivity contribution is 7.83. The summed E-state index contributed by atoms with van der Waals surface area (Å²) in [5.41, 5.74) is 0. The topological polar surface area (TPSA) is 58.2 Å². The van der Waals surface area contributed by atoms with Crippen LogP contribution < -0.4 is 10.0 Å². The molecule has 0 saturated heterocycles. The van der Waals surface area contributed by atoms with Gasteiger partial charge in [0.1, 0.15) is 0 Å². The van der Waals surface area contributed by atoms with Gasteiger partial charge >= 0.3 is 0 Å². The minimum Gasteiger partial charge on any atom is -0.311 e. The Labute approximate surface area is 85.3 Å². The van der Waals surface area contributed by atoms with Crippen molar-refractivity contribution in [2.75, 3.05) is 13.6 Å². The number of carbonyl (C=O) groups is 1. The summed E-state index contributed by atoms with van der Waals surface area (Å²) in [6, 6.07) is 8.79. The van der Waals surface area contributed by atoms with Crippen LogP contribution in [0.1, 0.15) is 0 Å². The molecule has 1 aromatic carbocycles. The molecule has 4 nitrogen and oxygen atoms in total. The van der Waals surface area contributed by atoms with Crippen LogP contribution in [0, 0.1) is 0 Å². The van der Waals surface area contributed by atoms with Gasteiger partial charge in [-0.3, -0.25) is 9.52 Å². The van der Waals surface area contributed by atoms with Crippen molar-refractivity contribution in [3.8, 4) is 0 Å². The van der Waals surface area contributed by atoms with Crippen LogP contribution in [-0.4, -0.2) is 23.7 Å². The molecular weight excluding hydrogens is 200 g/mol. The molecule has 76 valence electrons. The van der Waals surface area contributed by atoms with Crippen molar-refractivity contribution in [1.82, 2.24) is 10.0 Å². The van der Waals surface area contributed by atoms with E-state index in [2.05, 4.69) is 10.0 Å². The third-order valence-corrected chi connectivity index (χ3v) is 2.61. The first kappa shape index (κ1) is 10.9. The molecule has 0 bridgehead atoms. The smallest absolute Gasteiger partial charge is 0.245 e. The first-order valence-corrected chi connectivity index (χ1v) is 5.30. The predicted molar refractivity (Wildman–Crippen MR) is 54.9 cm³/mol. The van der Waals surface area contributed by atoms with Gasteiger partial charge in [0.2, 0.25) is 5.91 Å². The van der Waals surface area contributed by atoms with Crippen molar-refractivity contribution in [1.29, 1.82) is 0 Å². The molecule has 0 saturated carbocycles. The number of hydrogen-bond acceptors (Lipinski definition) is 3. The van der Waals surface area contributed by atoms with Crippen molar-refractivity contribution >= 4 is 16.9 Å². The average molecular weight is 212 g/mol. The maximum atomic E-state index is 11.5. The highest BCUT2D eigenvalue weighted by Gasteiger charge is 2.06. The fourth-order valence-electron chi connectivity index (χ4n) is 0.903. The Morgan fingerprint density at radius 3 is 2.57 bits per heavy atom. The summed E-state index contributed by atoms with van der Waals surface area (Å²) in [7, 11) is 0.203. The van der Waals surface area contributed by atoms with Gasteiger partial charge in [-0.15, -0.1) is 0 Å². The summed E-state index contributed by atoms with van der Waals surface area (Å²) in [5, 5.41) is 2.68. The van der Waals surface area contributed by atoms with E-state index in [0.29, 0.717) is 4.90 Å². The fraction of sp³-hybridized carbons (Fsp3) is 0.222. The zero-order chi connectivity index (χ0) is 10.4. The molecule has 0 heterocycles. The molecule has 5 heteroatoms. The second kappa shape index (κ2) is 5.51. The van der Waals surface area contributed by atoms with Gasteiger partial charge in [0.25, 0.3) is 0 Å². The van der Waals surface area contributed by atoms with E-state index in [1.807, 2.05) is 6.07 Å². The van der Waals surface area contributed by atoms with E-state index in [-0.39, 0.29) is 12.5 Å². The van der Waals surface area contributed by atoms with E-state index in [1.54, 1.807) is 31.3 Å². The number of likely N-dealkylation sites (N-methyl/N-ethyl adjacent to an activating group) is 1. The van der Waals surface area contributed by atoms with E-state index in [9.17, 15) is 9.00 Å². The molecule has 0 fully saturated rings. The van der Waals surface area contributed by atoms with Crippen molar-refractivity contribution < 1.29 is 9.00 Å². The van der Waals surface area contributed by atoms with Crippen LogP contribution in [0.2, 0.25) is 0 Å². The molecular formula is C9H12N2O2S. The molecule has 1 rings (SSSR count). The summed E-state index contributed by atoms with van der Waals surface area (Å²) < 4.78 is 13.8. The molecule has 0 spiro atoms. The van der Waals surface area contributed by atoms with E-state index in [4.69, 9.17) is 0 Å². The summed E-state index contributed by atoms with van der Waals surface area (Å²) in [5.74, 6) is -0.283. The molecule has 0 aromatic heterocycles. The minimum absolute atomic E-state index is 0.165. The molecule has 1 unspecified atom stereocenters. The second-order valence-electron chi connectivity index (χ2n) is 2.64. The van der Waals surface area contributed by atoms with E-state index in [0.717, 1.165) is 0 Å². The molecule has 0 radical (unpaired) electrons. The van der Waals surface area contributed by atoms with E-state index in [1.165, 1.54) is 0 Å². The first-order valence-electron chi connectivity index (χ1n) is 4.15. The number of carbonyl (C=O) groups excluding carboxylic acids is 1. The monoisotopic (exact) mass is 212 g/mol. The molecule has 0 aliphatic carbocycles. The summed E-state index contributed by atoms with van der Waals surface area (Å²) >= 11 is 0. The minimum atomic E-state index is -1.45. The van der Waals surface area contributed by atoms with E-state index < -0.39 is 11.0 Å². The SMILES string of the molecule is CNCC(=O)NS(=O)c1ccccc1. The van der Waals surface area contributed by atoms with Crippen LogP contribution >= 0.6 is 0 Å². The first-order chi connectivity index (χ1) is 6.74. The second-order valence-corrected chi connectivity index (χ2v) is 3.85. The van der Waals surface area contributed by atoms with Gasteiger partial charge in [-0.05, 0) is 19.2 Å². The maximum absolute atomic E-state index is 11.5. The lowest BCUT2D eigenvalue weighted by Gasteiger charge is -2.03. The Bertz CT molecular complexity index is 327. The largest absolute Gasteiger partial charge is 0.311 e. The Morgan fingerprint density at radius 2 is 2.00 bits per heavy atom. The van der Waals surface area contributed by atoms with Crippen molar-refractivity contribution in [3.05, 3.63) is 30.3 Å². The molecule has 2 N–H and O–H groups in total. The standard InChI is InChI=1S/C9H12N2O2S/c1-10-7-9(12)11-14(13)8-5-3-2-4-6-8/h2-6,10H,7H2,1H3,(H,11,12). The number of amides is 1. The van der Waals surface area contributed by atoms with Gasteiger partial charge in [-0.2, -0.15) is 0 Å². The number of benzene rings is 1. The highest BCUT2D eigenvalue weighted by Crippen LogP contribution is 2.02. The summed E-state index contributed by atoms with van der Waals surface area (Å²) in [6.07, 6.45) is 0. The van der Waals surface area contributed by atoms with Crippen molar-refractivity contribution in [3.63, 3.8) is 0 Å². The third-order valence-electron chi connectivity index (χ3n) is 1.50. The lowest BCUT2D eigenvalue weighted by molar-refractivity contribution is -0.118. The Morgan fingerprint density at radius 1 is 1.36 bits per heavy atom. The third kappa shape index (κ3) is 3.27. The maximum Gasteiger partial charge on any atom is 0.245 e. The lowest BCUT2D eigenvalue weighted by atomic mass is 10.4. The highest BCUT2D eigenvalue weighted by atomic mass is 32.2. The van der Waals surface area contributed by atoms with Crippen LogP contribution in [-0.2, 0) is 15.8 Å². The molecule has 0 aliphatic heterocycles. The van der Waals surface area contributed by atoms with Gasteiger partial charge in [0.15, 0.2) is 11.0 Å². The molecule has 0 aliphatic rings. The van der Waals surface area contributed by atoms with Crippen molar-refractivity contribution in [2.45, 2.75) is 4.90 Å². The number of rotatable bonds is 4. The number of hydrogen-bond donors (Lipinski definition) is 2. The van der Waals surface area contributed by atoms with Gasteiger partial charge in [0.05, 0.1) is 11.4 Å². The Hall–Kier alpha value is -1.20. The van der Waals surface area contributed by atoms with Gasteiger partial charge in [-0.25, -0.2) is 4.21 Å². The van der Waals surface area contributed by atoms with Crippen LogP contribution in [0.3, 0.4) is 0 Å². The van der Waals surface area contributed by atoms with Gasteiger partial charge in [0, 0.05) is 0 Å². The summed E-state index contributed by atoms with van der Waals surface area (Å²) in [6.45, 7) is 0.165. The summed E-state index contributed by atoms with van der Waals surface area (Å²) in [4.78, 5) is 11.7. The average Bonchev–Trinajstić information content (AvgIpc) is 2.19. The van der Waals surface area contributed by atoms with Gasteiger partial charge < -0.3 is 5.32 Å². The van der Waals surface area contributed by atoms with E-state index >= 15 is 0 Å². The Kier molecular flexibility index (Phi) is 4.28. The van der Waals surface area contributed by atoms with Crippen molar-refractivity contribution in [2.24, 2.45) is 0 Å². The molecule has 1 atom stereocenters. The van der Waals surface area contributed by atoms with Crippen LogP contribution in [0.25, 0.3) is 0 Å². The molecule has 1 aromatic rings. The zero-order valence-corrected chi connectivity index (χ0v) is 8.64.